The van der Waals surface area contributed by atoms with Crippen molar-refractivity contribution in [3.8, 4) is 0 Å². The molecule has 0 saturated carbocycles. The molecule has 0 spiro atoms. The number of hydrogen-bond acceptors (Lipinski definition) is 4. The average molecular weight is 556 g/mol. The van der Waals surface area contributed by atoms with Gasteiger partial charge in [-0.3, -0.25) is 13.9 Å². The Morgan fingerprint density at radius 1 is 0.947 bits per heavy atom. The SMILES string of the molecule is CC[C@@H](C)NC(=O)[C@H](C)N(Cc1ccc(C)cc1)C(=O)CN(c1cccc(Cl)c1)S(=O)(=O)c1ccccc1. The number of amides is 2. The number of benzene rings is 3. The highest BCUT2D eigenvalue weighted by Gasteiger charge is 2.32. The first-order valence-electron chi connectivity index (χ1n) is 12.5. The van der Waals surface area contributed by atoms with Crippen molar-refractivity contribution in [3.05, 3.63) is 95.0 Å². The van der Waals surface area contributed by atoms with Crippen LogP contribution in [-0.2, 0) is 26.2 Å². The summed E-state index contributed by atoms with van der Waals surface area (Å²) in [5, 5.41) is 3.26. The topological polar surface area (TPSA) is 86.8 Å². The molecule has 2 amide bonds. The summed E-state index contributed by atoms with van der Waals surface area (Å²) in [6, 6.07) is 21.0. The van der Waals surface area contributed by atoms with Crippen LogP contribution in [0.15, 0.2) is 83.8 Å². The predicted molar refractivity (Wildman–Crippen MR) is 152 cm³/mol. The Morgan fingerprint density at radius 2 is 1.61 bits per heavy atom. The van der Waals surface area contributed by atoms with Gasteiger partial charge in [-0.1, -0.05) is 72.6 Å². The second-order valence-corrected chi connectivity index (χ2v) is 11.6. The highest BCUT2D eigenvalue weighted by molar-refractivity contribution is 7.92. The van der Waals surface area contributed by atoms with Crippen LogP contribution in [0.3, 0.4) is 0 Å². The monoisotopic (exact) mass is 555 g/mol. The van der Waals surface area contributed by atoms with Crippen LogP contribution in [0.2, 0.25) is 5.02 Å². The van der Waals surface area contributed by atoms with E-state index in [1.54, 1.807) is 43.3 Å². The Labute approximate surface area is 230 Å². The third-order valence-electron chi connectivity index (χ3n) is 6.35. The first-order chi connectivity index (χ1) is 18.0. The fourth-order valence-corrected chi connectivity index (χ4v) is 5.43. The van der Waals surface area contributed by atoms with Crippen LogP contribution in [0.4, 0.5) is 5.69 Å². The molecule has 2 atom stereocenters. The summed E-state index contributed by atoms with van der Waals surface area (Å²) in [6.45, 7) is 7.10. The normalized spacial score (nSPS) is 12.9. The number of hydrogen-bond donors (Lipinski definition) is 1. The Hall–Kier alpha value is -3.36. The van der Waals surface area contributed by atoms with E-state index in [1.807, 2.05) is 45.0 Å². The highest BCUT2D eigenvalue weighted by Crippen LogP contribution is 2.26. The second kappa shape index (κ2) is 12.9. The second-order valence-electron chi connectivity index (χ2n) is 9.31. The molecule has 0 aliphatic carbocycles. The molecule has 7 nitrogen and oxygen atoms in total. The number of rotatable bonds is 11. The van der Waals surface area contributed by atoms with Gasteiger partial charge in [0.05, 0.1) is 10.6 Å². The zero-order chi connectivity index (χ0) is 27.9. The van der Waals surface area contributed by atoms with Crippen molar-refractivity contribution in [2.24, 2.45) is 0 Å². The minimum atomic E-state index is -4.12. The first-order valence-corrected chi connectivity index (χ1v) is 14.3. The molecule has 0 unspecified atom stereocenters. The van der Waals surface area contributed by atoms with Crippen molar-refractivity contribution in [2.45, 2.75) is 57.6 Å². The van der Waals surface area contributed by atoms with E-state index in [9.17, 15) is 18.0 Å². The molecule has 3 aromatic rings. The minimum absolute atomic E-state index is 0.0421. The van der Waals surface area contributed by atoms with Gasteiger partial charge in [-0.15, -0.1) is 0 Å². The van der Waals surface area contributed by atoms with E-state index in [0.717, 1.165) is 21.9 Å². The van der Waals surface area contributed by atoms with Crippen LogP contribution in [0, 0.1) is 6.92 Å². The molecule has 0 fully saturated rings. The first kappa shape index (κ1) is 29.2. The summed E-state index contributed by atoms with van der Waals surface area (Å²) >= 11 is 6.19. The van der Waals surface area contributed by atoms with Crippen molar-refractivity contribution < 1.29 is 18.0 Å². The molecule has 0 aromatic heterocycles. The number of carbonyl (C=O) groups excluding carboxylic acids is 2. The van der Waals surface area contributed by atoms with E-state index in [-0.39, 0.29) is 29.1 Å². The number of aryl methyl sites for hydroxylation is 1. The largest absolute Gasteiger partial charge is 0.352 e. The molecule has 38 heavy (non-hydrogen) atoms. The average Bonchev–Trinajstić information content (AvgIpc) is 2.91. The minimum Gasteiger partial charge on any atom is -0.352 e. The van der Waals surface area contributed by atoms with Crippen LogP contribution >= 0.6 is 11.6 Å². The van der Waals surface area contributed by atoms with Crippen LogP contribution in [0.1, 0.15) is 38.3 Å². The third kappa shape index (κ3) is 7.36. The molecular formula is C29H34ClN3O4S. The number of halogens is 1. The number of anilines is 1. The van der Waals surface area contributed by atoms with E-state index in [0.29, 0.717) is 5.02 Å². The Balaban J connectivity index is 2.01. The van der Waals surface area contributed by atoms with Crippen molar-refractivity contribution in [1.29, 1.82) is 0 Å². The Morgan fingerprint density at radius 3 is 2.21 bits per heavy atom. The maximum atomic E-state index is 13.9. The summed E-state index contributed by atoms with van der Waals surface area (Å²) in [5.41, 5.74) is 2.14. The highest BCUT2D eigenvalue weighted by atomic mass is 35.5. The fourth-order valence-electron chi connectivity index (χ4n) is 3.82. The molecule has 0 heterocycles. The van der Waals surface area contributed by atoms with E-state index >= 15 is 0 Å². The quantitative estimate of drug-likeness (QED) is 0.353. The summed E-state index contributed by atoms with van der Waals surface area (Å²) in [6.07, 6.45) is 0.738. The lowest BCUT2D eigenvalue weighted by Crippen LogP contribution is -2.52. The van der Waals surface area contributed by atoms with Crippen LogP contribution < -0.4 is 9.62 Å². The third-order valence-corrected chi connectivity index (χ3v) is 8.37. The van der Waals surface area contributed by atoms with Crippen LogP contribution in [0.25, 0.3) is 0 Å². The molecule has 3 aromatic carbocycles. The molecule has 0 saturated heterocycles. The zero-order valence-electron chi connectivity index (χ0n) is 22.1. The molecule has 0 bridgehead atoms. The smallest absolute Gasteiger partial charge is 0.264 e. The van der Waals surface area contributed by atoms with Gasteiger partial charge in [0.2, 0.25) is 11.8 Å². The summed E-state index contributed by atoms with van der Waals surface area (Å²) in [4.78, 5) is 28.4. The number of nitrogens with zero attached hydrogens (tertiary/aromatic N) is 2. The molecule has 0 aliphatic rings. The van der Waals surface area contributed by atoms with Gasteiger partial charge in [0.25, 0.3) is 10.0 Å². The van der Waals surface area contributed by atoms with E-state index < -0.39 is 28.5 Å². The fraction of sp³-hybridized carbons (Fsp3) is 0.310. The molecule has 202 valence electrons. The summed E-state index contributed by atoms with van der Waals surface area (Å²) < 4.78 is 28.5. The van der Waals surface area contributed by atoms with Crippen molar-refractivity contribution >= 4 is 39.1 Å². The van der Waals surface area contributed by atoms with E-state index in [2.05, 4.69) is 5.32 Å². The van der Waals surface area contributed by atoms with Gasteiger partial charge in [-0.2, -0.15) is 0 Å². The van der Waals surface area contributed by atoms with Crippen molar-refractivity contribution in [1.82, 2.24) is 10.2 Å². The van der Waals surface area contributed by atoms with E-state index in [4.69, 9.17) is 11.6 Å². The zero-order valence-corrected chi connectivity index (χ0v) is 23.7. The molecule has 3 rings (SSSR count). The van der Waals surface area contributed by atoms with E-state index in [1.165, 1.54) is 23.1 Å². The van der Waals surface area contributed by atoms with Gasteiger partial charge in [0.15, 0.2) is 0 Å². The molecule has 0 aliphatic heterocycles. The molecular weight excluding hydrogens is 522 g/mol. The lowest BCUT2D eigenvalue weighted by Gasteiger charge is -2.32. The standard InChI is InChI=1S/C29H34ClN3O4S/c1-5-22(3)31-29(35)23(4)32(19-24-16-14-21(2)15-17-24)28(34)20-33(26-11-9-10-25(30)18-26)38(36,37)27-12-7-6-8-13-27/h6-18,22-23H,5,19-20H2,1-4H3,(H,31,35)/t22-,23+/m1/s1. The van der Waals surface area contributed by atoms with Gasteiger partial charge in [0, 0.05) is 17.6 Å². The number of nitrogens with one attached hydrogen (secondary N) is 1. The predicted octanol–water partition coefficient (Wildman–Crippen LogP) is 5.18. The molecule has 0 radical (unpaired) electrons. The lowest BCUT2D eigenvalue weighted by molar-refractivity contribution is -0.139. The summed E-state index contributed by atoms with van der Waals surface area (Å²) in [5.74, 6) is -0.822. The molecule has 9 heteroatoms. The van der Waals surface area contributed by atoms with Gasteiger partial charge < -0.3 is 10.2 Å². The van der Waals surface area contributed by atoms with Gasteiger partial charge in [-0.05, 0) is 63.1 Å². The van der Waals surface area contributed by atoms with Crippen molar-refractivity contribution in [3.63, 3.8) is 0 Å². The van der Waals surface area contributed by atoms with Crippen LogP contribution in [0.5, 0.6) is 0 Å². The lowest BCUT2D eigenvalue weighted by atomic mass is 10.1. The van der Waals surface area contributed by atoms with Gasteiger partial charge >= 0.3 is 0 Å². The van der Waals surface area contributed by atoms with Gasteiger partial charge in [0.1, 0.15) is 12.6 Å². The Bertz CT molecular complexity index is 1350. The number of sulfonamides is 1. The van der Waals surface area contributed by atoms with Crippen molar-refractivity contribution in [2.75, 3.05) is 10.8 Å². The maximum Gasteiger partial charge on any atom is 0.264 e. The summed E-state index contributed by atoms with van der Waals surface area (Å²) in [7, 11) is -4.12. The Kier molecular flexibility index (Phi) is 9.94. The maximum absolute atomic E-state index is 13.9. The van der Waals surface area contributed by atoms with Crippen LogP contribution in [-0.4, -0.2) is 43.8 Å². The number of carbonyl (C=O) groups is 2. The molecule has 1 N–H and O–H groups in total. The van der Waals surface area contributed by atoms with Gasteiger partial charge in [-0.25, -0.2) is 8.42 Å².